The summed E-state index contributed by atoms with van der Waals surface area (Å²) in [5, 5.41) is 0. The van der Waals surface area contributed by atoms with E-state index in [4.69, 9.17) is 8.92 Å². The Morgan fingerprint density at radius 3 is 2.58 bits per heavy atom. The lowest BCUT2D eigenvalue weighted by Gasteiger charge is -2.37. The van der Waals surface area contributed by atoms with Gasteiger partial charge in [-0.1, -0.05) is 18.2 Å². The average molecular weight is 355 g/mol. The number of benzene rings is 1. The highest BCUT2D eigenvalue weighted by atomic mass is 32.2. The van der Waals surface area contributed by atoms with Crippen LogP contribution in [0.5, 0.6) is 0 Å². The molecule has 7 heteroatoms. The van der Waals surface area contributed by atoms with Gasteiger partial charge in [0.25, 0.3) is 10.1 Å². The molecule has 0 bridgehead atoms. The molecule has 1 amide bonds. The lowest BCUT2D eigenvalue weighted by Crippen LogP contribution is -2.42. The second kappa shape index (κ2) is 6.72. The Morgan fingerprint density at radius 2 is 2.00 bits per heavy atom. The Morgan fingerprint density at radius 1 is 1.33 bits per heavy atom. The standard InChI is InChI=1S/C17H25NO5S/c1-12-14-8-6-7-13(11-22-24(5,20)21)15(14)9-10-18(12)16(19)23-17(2,3)4/h6-8,12H,9-11H2,1-5H3. The molecule has 1 aromatic rings. The van der Waals surface area contributed by atoms with Crippen molar-refractivity contribution in [3.63, 3.8) is 0 Å². The fraction of sp³-hybridized carbons (Fsp3) is 0.588. The largest absolute Gasteiger partial charge is 0.444 e. The summed E-state index contributed by atoms with van der Waals surface area (Å²) in [7, 11) is -3.49. The number of nitrogens with zero attached hydrogens (tertiary/aromatic N) is 1. The number of carbonyl (C=O) groups excluding carboxylic acids is 1. The minimum absolute atomic E-state index is 0.0150. The third-order valence-corrected chi connectivity index (χ3v) is 4.43. The molecule has 1 aliphatic rings. The number of fused-ring (bicyclic) bond motifs is 1. The van der Waals surface area contributed by atoms with Gasteiger partial charge in [0.1, 0.15) is 5.60 Å². The Bertz CT molecular complexity index is 721. The van der Waals surface area contributed by atoms with Crippen LogP contribution in [0.1, 0.15) is 50.4 Å². The first kappa shape index (κ1) is 18.7. The zero-order chi connectivity index (χ0) is 18.1. The van der Waals surface area contributed by atoms with Gasteiger partial charge in [0.15, 0.2) is 0 Å². The first-order valence-electron chi connectivity index (χ1n) is 7.92. The molecule has 0 aromatic heterocycles. The van der Waals surface area contributed by atoms with Gasteiger partial charge in [-0.05, 0) is 50.8 Å². The molecule has 0 aliphatic carbocycles. The lowest BCUT2D eigenvalue weighted by molar-refractivity contribution is 0.0159. The van der Waals surface area contributed by atoms with Crippen molar-refractivity contribution in [2.24, 2.45) is 0 Å². The molecule has 1 heterocycles. The van der Waals surface area contributed by atoms with Crippen LogP contribution in [0.2, 0.25) is 0 Å². The number of hydrogen-bond donors (Lipinski definition) is 0. The Balaban J connectivity index is 2.22. The quantitative estimate of drug-likeness (QED) is 0.779. The van der Waals surface area contributed by atoms with E-state index >= 15 is 0 Å². The fourth-order valence-corrected chi connectivity index (χ4v) is 3.16. The van der Waals surface area contributed by atoms with Crippen LogP contribution in [0.15, 0.2) is 18.2 Å². The molecular formula is C17H25NO5S. The summed E-state index contributed by atoms with van der Waals surface area (Å²) >= 11 is 0. The van der Waals surface area contributed by atoms with E-state index in [9.17, 15) is 13.2 Å². The third kappa shape index (κ3) is 4.70. The van der Waals surface area contributed by atoms with Crippen LogP contribution in [-0.2, 0) is 32.1 Å². The average Bonchev–Trinajstić information content (AvgIpc) is 2.42. The first-order valence-corrected chi connectivity index (χ1v) is 9.74. The van der Waals surface area contributed by atoms with Crippen molar-refractivity contribution in [2.75, 3.05) is 12.8 Å². The number of ether oxygens (including phenoxy) is 1. The van der Waals surface area contributed by atoms with Crippen LogP contribution in [0.4, 0.5) is 4.79 Å². The van der Waals surface area contributed by atoms with Crippen LogP contribution < -0.4 is 0 Å². The van der Waals surface area contributed by atoms with E-state index in [1.54, 1.807) is 4.90 Å². The van der Waals surface area contributed by atoms with Gasteiger partial charge in [0.2, 0.25) is 0 Å². The highest BCUT2D eigenvalue weighted by Gasteiger charge is 2.31. The van der Waals surface area contributed by atoms with Crippen molar-refractivity contribution >= 4 is 16.2 Å². The Labute approximate surface area is 143 Å². The van der Waals surface area contributed by atoms with Gasteiger partial charge < -0.3 is 9.64 Å². The van der Waals surface area contributed by atoms with E-state index in [-0.39, 0.29) is 18.7 Å². The second-order valence-corrected chi connectivity index (χ2v) is 8.69. The van der Waals surface area contributed by atoms with Gasteiger partial charge in [-0.3, -0.25) is 4.18 Å². The summed E-state index contributed by atoms with van der Waals surface area (Å²) in [6.45, 7) is 8.01. The van der Waals surface area contributed by atoms with Crippen LogP contribution in [-0.4, -0.2) is 37.8 Å². The molecular weight excluding hydrogens is 330 g/mol. The number of carbonyl (C=O) groups is 1. The predicted molar refractivity (Wildman–Crippen MR) is 91.1 cm³/mol. The third-order valence-electron chi connectivity index (χ3n) is 3.89. The van der Waals surface area contributed by atoms with E-state index < -0.39 is 15.7 Å². The molecule has 1 aliphatic heterocycles. The maximum atomic E-state index is 12.4. The predicted octanol–water partition coefficient (Wildman–Crippen LogP) is 3.02. The Hall–Kier alpha value is -1.60. The summed E-state index contributed by atoms with van der Waals surface area (Å²) in [5.41, 5.74) is 2.35. The summed E-state index contributed by atoms with van der Waals surface area (Å²) in [5.74, 6) is 0. The van der Waals surface area contributed by atoms with Gasteiger partial charge in [-0.25, -0.2) is 4.79 Å². The van der Waals surface area contributed by atoms with Crippen LogP contribution in [0.3, 0.4) is 0 Å². The van der Waals surface area contributed by atoms with Gasteiger partial charge in [-0.2, -0.15) is 8.42 Å². The van der Waals surface area contributed by atoms with Crippen molar-refractivity contribution in [3.8, 4) is 0 Å². The van der Waals surface area contributed by atoms with E-state index in [0.717, 1.165) is 22.9 Å². The van der Waals surface area contributed by atoms with E-state index in [1.807, 2.05) is 45.9 Å². The van der Waals surface area contributed by atoms with Crippen molar-refractivity contribution < 1.29 is 22.1 Å². The molecule has 0 saturated heterocycles. The minimum atomic E-state index is -3.49. The highest BCUT2D eigenvalue weighted by molar-refractivity contribution is 7.85. The molecule has 0 spiro atoms. The molecule has 0 saturated carbocycles. The highest BCUT2D eigenvalue weighted by Crippen LogP contribution is 2.32. The zero-order valence-corrected chi connectivity index (χ0v) is 15.6. The molecule has 0 radical (unpaired) electrons. The summed E-state index contributed by atoms with van der Waals surface area (Å²) in [6, 6.07) is 5.54. The van der Waals surface area contributed by atoms with Gasteiger partial charge in [0.05, 0.1) is 18.9 Å². The fourth-order valence-electron chi connectivity index (χ4n) is 2.82. The van der Waals surface area contributed by atoms with Crippen molar-refractivity contribution in [1.82, 2.24) is 4.90 Å². The SMILES string of the molecule is CC1c2cccc(COS(C)(=O)=O)c2CCN1C(=O)OC(C)(C)C. The van der Waals surface area contributed by atoms with Gasteiger partial charge >= 0.3 is 6.09 Å². The molecule has 6 nitrogen and oxygen atoms in total. The van der Waals surface area contributed by atoms with Crippen molar-refractivity contribution in [1.29, 1.82) is 0 Å². The molecule has 2 rings (SSSR count). The molecule has 134 valence electrons. The minimum Gasteiger partial charge on any atom is -0.444 e. The summed E-state index contributed by atoms with van der Waals surface area (Å²) < 4.78 is 32.8. The maximum absolute atomic E-state index is 12.4. The topological polar surface area (TPSA) is 72.9 Å². The summed E-state index contributed by atoms with van der Waals surface area (Å²) in [6.07, 6.45) is 1.34. The molecule has 1 aromatic carbocycles. The number of amides is 1. The lowest BCUT2D eigenvalue weighted by atomic mass is 9.90. The Kier molecular flexibility index (Phi) is 5.25. The van der Waals surface area contributed by atoms with Gasteiger partial charge in [-0.15, -0.1) is 0 Å². The molecule has 0 N–H and O–H groups in total. The van der Waals surface area contributed by atoms with Crippen molar-refractivity contribution in [3.05, 3.63) is 34.9 Å². The second-order valence-electron chi connectivity index (χ2n) is 7.05. The van der Waals surface area contributed by atoms with E-state index in [2.05, 4.69) is 0 Å². The first-order chi connectivity index (χ1) is 11.0. The smallest absolute Gasteiger partial charge is 0.410 e. The van der Waals surface area contributed by atoms with E-state index in [1.165, 1.54) is 0 Å². The molecule has 1 unspecified atom stereocenters. The van der Waals surface area contributed by atoms with Crippen molar-refractivity contribution in [2.45, 2.75) is 52.4 Å². The molecule has 1 atom stereocenters. The summed E-state index contributed by atoms with van der Waals surface area (Å²) in [4.78, 5) is 14.1. The van der Waals surface area contributed by atoms with Crippen LogP contribution in [0.25, 0.3) is 0 Å². The maximum Gasteiger partial charge on any atom is 0.410 e. The monoisotopic (exact) mass is 355 g/mol. The molecule has 24 heavy (non-hydrogen) atoms. The van der Waals surface area contributed by atoms with Crippen LogP contribution >= 0.6 is 0 Å². The molecule has 0 fully saturated rings. The normalized spacial score (nSPS) is 18.2. The zero-order valence-electron chi connectivity index (χ0n) is 14.8. The van der Waals surface area contributed by atoms with Crippen LogP contribution in [0, 0.1) is 0 Å². The number of rotatable bonds is 3. The number of hydrogen-bond acceptors (Lipinski definition) is 5. The van der Waals surface area contributed by atoms with E-state index in [0.29, 0.717) is 13.0 Å². The van der Waals surface area contributed by atoms with Gasteiger partial charge in [0, 0.05) is 6.54 Å².